The number of anilines is 1. The summed E-state index contributed by atoms with van der Waals surface area (Å²) in [6.07, 6.45) is 1.49. The molecule has 1 amide bonds. The molecule has 1 aromatic carbocycles. The van der Waals surface area contributed by atoms with Crippen LogP contribution in [0.1, 0.15) is 10.4 Å². The molecule has 4 nitrogen and oxygen atoms in total. The molecule has 0 aliphatic rings. The lowest BCUT2D eigenvalue weighted by Gasteiger charge is -2.05. The van der Waals surface area contributed by atoms with E-state index in [0.717, 1.165) is 0 Å². The van der Waals surface area contributed by atoms with E-state index >= 15 is 0 Å². The maximum atomic E-state index is 13.4. The van der Waals surface area contributed by atoms with Gasteiger partial charge in [-0.1, -0.05) is 6.07 Å². The van der Waals surface area contributed by atoms with Gasteiger partial charge in [-0.3, -0.25) is 9.89 Å². The second-order valence-corrected chi connectivity index (χ2v) is 3.88. The summed E-state index contributed by atoms with van der Waals surface area (Å²) in [4.78, 5) is 11.7. The van der Waals surface area contributed by atoms with E-state index in [0.29, 0.717) is 10.3 Å². The van der Waals surface area contributed by atoms with Crippen LogP contribution in [0.4, 0.5) is 10.2 Å². The summed E-state index contributed by atoms with van der Waals surface area (Å²) < 4.78 is 13.8. The molecule has 2 N–H and O–H groups in total. The number of aromatic amines is 1. The van der Waals surface area contributed by atoms with Gasteiger partial charge in [0.05, 0.1) is 11.8 Å². The highest BCUT2D eigenvalue weighted by Gasteiger charge is 2.15. The molecule has 0 fully saturated rings. The van der Waals surface area contributed by atoms with Gasteiger partial charge in [-0.15, -0.1) is 0 Å². The Bertz CT molecular complexity index is 493. The molecule has 82 valence electrons. The van der Waals surface area contributed by atoms with Gasteiger partial charge >= 0.3 is 0 Å². The van der Waals surface area contributed by atoms with Gasteiger partial charge in [-0.05, 0) is 28.1 Å². The Labute approximate surface area is 99.0 Å². The fourth-order valence-electron chi connectivity index (χ4n) is 1.23. The van der Waals surface area contributed by atoms with E-state index in [1.807, 2.05) is 0 Å². The number of aromatic nitrogens is 2. The van der Waals surface area contributed by atoms with Crippen LogP contribution in [-0.2, 0) is 0 Å². The molecule has 0 spiro atoms. The molecule has 0 bridgehead atoms. The number of halogens is 2. The number of hydrogen-bond acceptors (Lipinski definition) is 2. The van der Waals surface area contributed by atoms with Gasteiger partial charge in [0.25, 0.3) is 5.91 Å². The number of H-pyrrole nitrogens is 1. The predicted molar refractivity (Wildman–Crippen MR) is 60.6 cm³/mol. The van der Waals surface area contributed by atoms with Gasteiger partial charge in [-0.25, -0.2) is 4.39 Å². The SMILES string of the molecule is O=C(Nc1ccn[nH]1)c1c(F)cccc1Br. The van der Waals surface area contributed by atoms with Crippen molar-refractivity contribution in [1.29, 1.82) is 0 Å². The molecule has 16 heavy (non-hydrogen) atoms. The van der Waals surface area contributed by atoms with Gasteiger partial charge in [0.2, 0.25) is 0 Å². The Morgan fingerprint density at radius 2 is 2.25 bits per heavy atom. The lowest BCUT2D eigenvalue weighted by atomic mass is 10.2. The molecule has 1 heterocycles. The molecule has 0 radical (unpaired) electrons. The quantitative estimate of drug-likeness (QED) is 0.890. The normalized spacial score (nSPS) is 10.1. The first-order chi connectivity index (χ1) is 7.68. The number of benzene rings is 1. The number of carbonyl (C=O) groups excluding carboxylic acids is 1. The van der Waals surface area contributed by atoms with Crippen molar-refractivity contribution in [2.45, 2.75) is 0 Å². The molecule has 0 saturated carbocycles. The molecular formula is C10H7BrFN3O. The largest absolute Gasteiger partial charge is 0.307 e. The summed E-state index contributed by atoms with van der Waals surface area (Å²) in [6.45, 7) is 0. The van der Waals surface area contributed by atoms with Crippen molar-refractivity contribution < 1.29 is 9.18 Å². The fraction of sp³-hybridized carbons (Fsp3) is 0. The predicted octanol–water partition coefficient (Wildman–Crippen LogP) is 2.56. The monoisotopic (exact) mass is 283 g/mol. The van der Waals surface area contributed by atoms with Crippen molar-refractivity contribution >= 4 is 27.7 Å². The topological polar surface area (TPSA) is 57.8 Å². The Balaban J connectivity index is 2.28. The lowest BCUT2D eigenvalue weighted by molar-refractivity contribution is 0.102. The summed E-state index contributed by atoms with van der Waals surface area (Å²) in [5.41, 5.74) is -0.0305. The third-order valence-electron chi connectivity index (χ3n) is 1.94. The van der Waals surface area contributed by atoms with E-state index in [-0.39, 0.29) is 5.56 Å². The third kappa shape index (κ3) is 2.11. The Kier molecular flexibility index (Phi) is 3.00. The average Bonchev–Trinajstić information content (AvgIpc) is 2.70. The minimum atomic E-state index is -0.577. The van der Waals surface area contributed by atoms with Gasteiger partial charge in [0.1, 0.15) is 11.6 Å². The fourth-order valence-corrected chi connectivity index (χ4v) is 1.75. The molecule has 6 heteroatoms. The summed E-state index contributed by atoms with van der Waals surface area (Å²) in [5, 5.41) is 8.72. The first-order valence-electron chi connectivity index (χ1n) is 4.43. The Hall–Kier alpha value is -1.69. The standard InChI is InChI=1S/C10H7BrFN3O/c11-6-2-1-3-7(12)9(6)10(16)14-8-4-5-13-15-8/h1-5H,(H2,13,14,15,16). The Morgan fingerprint density at radius 3 is 2.88 bits per heavy atom. The van der Waals surface area contributed by atoms with E-state index in [1.54, 1.807) is 12.1 Å². The third-order valence-corrected chi connectivity index (χ3v) is 2.60. The van der Waals surface area contributed by atoms with Gasteiger partial charge in [0, 0.05) is 10.5 Å². The summed E-state index contributed by atoms with van der Waals surface area (Å²) in [5.74, 6) is -0.694. The minimum absolute atomic E-state index is 0.0305. The van der Waals surface area contributed by atoms with Crippen molar-refractivity contribution in [1.82, 2.24) is 10.2 Å². The zero-order valence-electron chi connectivity index (χ0n) is 8.00. The van der Waals surface area contributed by atoms with Crippen molar-refractivity contribution in [3.63, 3.8) is 0 Å². The Morgan fingerprint density at radius 1 is 1.44 bits per heavy atom. The highest BCUT2D eigenvalue weighted by Crippen LogP contribution is 2.20. The first-order valence-corrected chi connectivity index (χ1v) is 5.22. The van der Waals surface area contributed by atoms with Crippen molar-refractivity contribution in [2.24, 2.45) is 0 Å². The van der Waals surface area contributed by atoms with Crippen LogP contribution in [0.3, 0.4) is 0 Å². The van der Waals surface area contributed by atoms with Crippen LogP contribution in [0.2, 0.25) is 0 Å². The van der Waals surface area contributed by atoms with Crippen molar-refractivity contribution in [3.8, 4) is 0 Å². The van der Waals surface area contributed by atoms with Crippen LogP contribution in [0, 0.1) is 5.82 Å². The number of amides is 1. The molecule has 2 aromatic rings. The summed E-state index contributed by atoms with van der Waals surface area (Å²) >= 11 is 3.13. The van der Waals surface area contributed by atoms with E-state index in [4.69, 9.17) is 0 Å². The molecular weight excluding hydrogens is 277 g/mol. The van der Waals surface area contributed by atoms with Gasteiger partial charge in [0.15, 0.2) is 0 Å². The van der Waals surface area contributed by atoms with E-state index in [1.165, 1.54) is 18.3 Å². The minimum Gasteiger partial charge on any atom is -0.307 e. The number of hydrogen-bond donors (Lipinski definition) is 2. The van der Waals surface area contributed by atoms with Crippen LogP contribution in [0.5, 0.6) is 0 Å². The molecule has 0 saturated heterocycles. The number of rotatable bonds is 2. The molecule has 0 aliphatic heterocycles. The van der Waals surface area contributed by atoms with Crippen molar-refractivity contribution in [2.75, 3.05) is 5.32 Å². The zero-order chi connectivity index (χ0) is 11.5. The molecule has 2 rings (SSSR count). The van der Waals surface area contributed by atoms with Crippen LogP contribution in [0.15, 0.2) is 34.9 Å². The van der Waals surface area contributed by atoms with Crippen LogP contribution < -0.4 is 5.32 Å². The molecule has 1 aromatic heterocycles. The average molecular weight is 284 g/mol. The highest BCUT2D eigenvalue weighted by atomic mass is 79.9. The molecule has 0 atom stereocenters. The van der Waals surface area contributed by atoms with E-state index in [2.05, 4.69) is 31.4 Å². The maximum Gasteiger partial charge on any atom is 0.260 e. The second kappa shape index (κ2) is 4.44. The summed E-state index contributed by atoms with van der Waals surface area (Å²) in [6, 6.07) is 5.93. The number of nitrogens with zero attached hydrogens (tertiary/aromatic N) is 1. The highest BCUT2D eigenvalue weighted by molar-refractivity contribution is 9.10. The second-order valence-electron chi connectivity index (χ2n) is 3.02. The lowest BCUT2D eigenvalue weighted by Crippen LogP contribution is -2.14. The summed E-state index contributed by atoms with van der Waals surface area (Å²) in [7, 11) is 0. The maximum absolute atomic E-state index is 13.4. The van der Waals surface area contributed by atoms with Crippen molar-refractivity contribution in [3.05, 3.63) is 46.3 Å². The van der Waals surface area contributed by atoms with Crippen LogP contribution in [-0.4, -0.2) is 16.1 Å². The van der Waals surface area contributed by atoms with Crippen LogP contribution in [0.25, 0.3) is 0 Å². The van der Waals surface area contributed by atoms with Gasteiger partial charge < -0.3 is 5.32 Å². The van der Waals surface area contributed by atoms with E-state index < -0.39 is 11.7 Å². The zero-order valence-corrected chi connectivity index (χ0v) is 9.58. The number of nitrogens with one attached hydrogen (secondary N) is 2. The van der Waals surface area contributed by atoms with E-state index in [9.17, 15) is 9.18 Å². The number of carbonyl (C=O) groups is 1. The molecule has 0 aliphatic carbocycles. The van der Waals surface area contributed by atoms with Crippen LogP contribution >= 0.6 is 15.9 Å². The van der Waals surface area contributed by atoms with Gasteiger partial charge in [-0.2, -0.15) is 5.10 Å². The smallest absolute Gasteiger partial charge is 0.260 e. The first kappa shape index (κ1) is 10.8. The molecule has 0 unspecified atom stereocenters.